The fourth-order valence-electron chi connectivity index (χ4n) is 3.63. The maximum Gasteiger partial charge on any atom is 0.258 e. The number of nitrogens with two attached hydrogens (primary N) is 1. The van der Waals surface area contributed by atoms with Crippen molar-refractivity contribution in [3.05, 3.63) is 98.2 Å². The highest BCUT2D eigenvalue weighted by Gasteiger charge is 2.24. The van der Waals surface area contributed by atoms with Crippen molar-refractivity contribution in [3.63, 3.8) is 0 Å². The number of benzene rings is 2. The number of nitrogens with zero attached hydrogens (tertiary/aromatic N) is 1. The molecule has 0 spiro atoms. The molecule has 4 rings (SSSR count). The molecule has 0 unspecified atom stereocenters. The average molecular weight is 405 g/mol. The van der Waals surface area contributed by atoms with E-state index in [1.807, 2.05) is 24.3 Å². The topological polar surface area (TPSA) is 62.4 Å². The lowest BCUT2D eigenvalue weighted by molar-refractivity contribution is -0.723. The van der Waals surface area contributed by atoms with Crippen LogP contribution in [-0.2, 0) is 0 Å². The molecule has 5 heteroatoms. The standard InChI is InChI=1S/C24H25N3OS/c1-15(2)17-10-12-18(13-11-17)22(21-9-6-14-29-21)25-16(3)23-26-20-8-5-4-7-19(20)24(28)27-23/h4-16,22,25H,1-3H3,(H,26,27,28)/p+1/t16-,22+/m1/s1. The van der Waals surface area contributed by atoms with Crippen LogP contribution in [0.4, 0.5) is 0 Å². The third-order valence-corrected chi connectivity index (χ3v) is 6.31. The van der Waals surface area contributed by atoms with Crippen LogP contribution in [0, 0.1) is 0 Å². The largest absolute Gasteiger partial charge is 0.327 e. The highest BCUT2D eigenvalue weighted by atomic mass is 32.1. The van der Waals surface area contributed by atoms with Crippen LogP contribution >= 0.6 is 11.3 Å². The van der Waals surface area contributed by atoms with Gasteiger partial charge in [0.2, 0.25) is 0 Å². The van der Waals surface area contributed by atoms with Crippen molar-refractivity contribution in [2.45, 2.75) is 38.8 Å². The number of aromatic nitrogens is 2. The van der Waals surface area contributed by atoms with Crippen molar-refractivity contribution < 1.29 is 5.32 Å². The summed E-state index contributed by atoms with van der Waals surface area (Å²) in [7, 11) is 0. The number of rotatable bonds is 6. The minimum absolute atomic E-state index is 0.00387. The summed E-state index contributed by atoms with van der Waals surface area (Å²) in [6.45, 7) is 6.51. The Bertz CT molecular complexity index is 1150. The highest BCUT2D eigenvalue weighted by Crippen LogP contribution is 2.25. The molecule has 0 bridgehead atoms. The summed E-state index contributed by atoms with van der Waals surface area (Å²) in [5, 5.41) is 5.02. The molecule has 4 nitrogen and oxygen atoms in total. The van der Waals surface area contributed by atoms with Gasteiger partial charge < -0.3 is 10.3 Å². The molecule has 0 saturated carbocycles. The van der Waals surface area contributed by atoms with Crippen molar-refractivity contribution in [2.75, 3.05) is 0 Å². The van der Waals surface area contributed by atoms with E-state index in [2.05, 4.69) is 72.9 Å². The molecule has 2 aromatic heterocycles. The summed E-state index contributed by atoms with van der Waals surface area (Å²) in [6.07, 6.45) is 0. The van der Waals surface area contributed by atoms with Crippen molar-refractivity contribution in [1.29, 1.82) is 0 Å². The van der Waals surface area contributed by atoms with Gasteiger partial charge in [-0.2, -0.15) is 0 Å². The molecule has 2 aromatic carbocycles. The minimum atomic E-state index is -0.0835. The predicted molar refractivity (Wildman–Crippen MR) is 119 cm³/mol. The first-order valence-corrected chi connectivity index (χ1v) is 10.9. The van der Waals surface area contributed by atoms with E-state index < -0.39 is 0 Å². The van der Waals surface area contributed by atoms with E-state index in [1.54, 1.807) is 11.3 Å². The Balaban J connectivity index is 1.67. The third-order valence-electron chi connectivity index (χ3n) is 5.36. The molecule has 0 saturated heterocycles. The lowest BCUT2D eigenvalue weighted by atomic mass is 9.98. The normalized spacial score (nSPS) is 13.7. The van der Waals surface area contributed by atoms with Gasteiger partial charge in [-0.25, -0.2) is 4.98 Å². The van der Waals surface area contributed by atoms with Crippen molar-refractivity contribution in [2.24, 2.45) is 0 Å². The monoisotopic (exact) mass is 404 g/mol. The Kier molecular flexibility index (Phi) is 5.60. The number of thiophene rings is 1. The van der Waals surface area contributed by atoms with Gasteiger partial charge in [-0.05, 0) is 42.0 Å². The first-order valence-electron chi connectivity index (χ1n) is 10.00. The summed E-state index contributed by atoms with van der Waals surface area (Å²) >= 11 is 1.76. The lowest BCUT2D eigenvalue weighted by Gasteiger charge is -2.20. The molecule has 3 N–H and O–H groups in total. The number of nitrogens with one attached hydrogen (secondary N) is 1. The van der Waals surface area contributed by atoms with Gasteiger partial charge >= 0.3 is 0 Å². The smallest absolute Gasteiger partial charge is 0.258 e. The molecule has 0 radical (unpaired) electrons. The van der Waals surface area contributed by atoms with E-state index in [1.165, 1.54) is 16.0 Å². The van der Waals surface area contributed by atoms with Crippen LogP contribution in [0.15, 0.2) is 70.8 Å². The van der Waals surface area contributed by atoms with Crippen LogP contribution in [0.1, 0.15) is 60.6 Å². The first kappa shape index (κ1) is 19.6. The molecule has 0 aliphatic heterocycles. The Hall–Kier alpha value is -2.76. The van der Waals surface area contributed by atoms with E-state index in [-0.39, 0.29) is 17.6 Å². The maximum absolute atomic E-state index is 12.5. The molecular weight excluding hydrogens is 378 g/mol. The van der Waals surface area contributed by atoms with Crippen molar-refractivity contribution in [3.8, 4) is 0 Å². The molecule has 2 heterocycles. The molecule has 4 aromatic rings. The fourth-order valence-corrected chi connectivity index (χ4v) is 4.46. The summed E-state index contributed by atoms with van der Waals surface area (Å²) in [5.74, 6) is 1.22. The van der Waals surface area contributed by atoms with Gasteiger partial charge in [-0.15, -0.1) is 11.3 Å². The van der Waals surface area contributed by atoms with Crippen LogP contribution in [0.3, 0.4) is 0 Å². The second kappa shape index (κ2) is 8.31. The van der Waals surface area contributed by atoms with Crippen LogP contribution in [0.2, 0.25) is 0 Å². The van der Waals surface area contributed by atoms with Gasteiger partial charge in [-0.1, -0.05) is 56.3 Å². The molecule has 148 valence electrons. The van der Waals surface area contributed by atoms with Gasteiger partial charge in [0, 0.05) is 5.56 Å². The maximum atomic E-state index is 12.5. The van der Waals surface area contributed by atoms with E-state index in [9.17, 15) is 4.79 Å². The van der Waals surface area contributed by atoms with E-state index in [4.69, 9.17) is 4.98 Å². The van der Waals surface area contributed by atoms with E-state index in [0.717, 1.165) is 5.52 Å². The quantitative estimate of drug-likeness (QED) is 0.496. The van der Waals surface area contributed by atoms with E-state index >= 15 is 0 Å². The number of hydrogen-bond donors (Lipinski definition) is 2. The number of H-pyrrole nitrogens is 1. The van der Waals surface area contributed by atoms with Gasteiger partial charge in [0.15, 0.2) is 5.82 Å². The highest BCUT2D eigenvalue weighted by molar-refractivity contribution is 7.10. The molecule has 2 atom stereocenters. The Labute approximate surface area is 174 Å². The first-order chi connectivity index (χ1) is 14.0. The van der Waals surface area contributed by atoms with Crippen LogP contribution in [-0.4, -0.2) is 9.97 Å². The zero-order valence-corrected chi connectivity index (χ0v) is 17.7. The number of aromatic amines is 1. The average Bonchev–Trinajstić information content (AvgIpc) is 3.26. The molecule has 0 fully saturated rings. The third kappa shape index (κ3) is 4.16. The number of para-hydroxylation sites is 1. The molecule has 0 aliphatic carbocycles. The van der Waals surface area contributed by atoms with Gasteiger partial charge in [0.05, 0.1) is 15.8 Å². The minimum Gasteiger partial charge on any atom is -0.327 e. The molecule has 0 aliphatic rings. The SMILES string of the molecule is CC(C)c1ccc([C@H]([NH2+][C@H](C)c2nc3ccccc3c(=O)[nH]2)c2cccs2)cc1. The lowest BCUT2D eigenvalue weighted by Crippen LogP contribution is -2.86. The number of fused-ring (bicyclic) bond motifs is 1. The zero-order chi connectivity index (χ0) is 20.4. The van der Waals surface area contributed by atoms with Gasteiger partial charge in [0.1, 0.15) is 12.1 Å². The van der Waals surface area contributed by atoms with Gasteiger partial charge in [0.25, 0.3) is 5.56 Å². The Morgan fingerprint density at radius 3 is 2.34 bits per heavy atom. The fraction of sp³-hybridized carbons (Fsp3) is 0.250. The van der Waals surface area contributed by atoms with Crippen molar-refractivity contribution >= 4 is 22.2 Å². The van der Waals surface area contributed by atoms with Crippen LogP contribution in [0.25, 0.3) is 10.9 Å². The van der Waals surface area contributed by atoms with Crippen LogP contribution < -0.4 is 10.9 Å². The summed E-state index contributed by atoms with van der Waals surface area (Å²) in [5.41, 5.74) is 3.25. The summed E-state index contributed by atoms with van der Waals surface area (Å²) in [4.78, 5) is 21.5. The second-order valence-electron chi connectivity index (χ2n) is 7.76. The molecule has 0 amide bonds. The van der Waals surface area contributed by atoms with Crippen LogP contribution in [0.5, 0.6) is 0 Å². The summed E-state index contributed by atoms with van der Waals surface area (Å²) in [6, 6.07) is 20.8. The van der Waals surface area contributed by atoms with Gasteiger partial charge in [-0.3, -0.25) is 4.79 Å². The molecule has 29 heavy (non-hydrogen) atoms. The Morgan fingerprint density at radius 2 is 1.66 bits per heavy atom. The van der Waals surface area contributed by atoms with E-state index in [0.29, 0.717) is 17.1 Å². The number of hydrogen-bond acceptors (Lipinski definition) is 3. The predicted octanol–water partition coefficient (Wildman–Crippen LogP) is 4.52. The van der Waals surface area contributed by atoms with Crippen molar-refractivity contribution in [1.82, 2.24) is 9.97 Å². The second-order valence-corrected chi connectivity index (χ2v) is 8.74. The molecular formula is C24H26N3OS+. The Morgan fingerprint density at radius 1 is 0.931 bits per heavy atom. The summed E-state index contributed by atoms with van der Waals surface area (Å²) < 4.78 is 0. The number of quaternary nitrogens is 1. The zero-order valence-electron chi connectivity index (χ0n) is 16.9.